The average Bonchev–Trinajstić information content (AvgIpc) is 2.19. The van der Waals surface area contributed by atoms with E-state index < -0.39 is 0 Å². The quantitative estimate of drug-likeness (QED) is 0.853. The number of carbonyl (C=O) groups excluding carboxylic acids is 1. The average molecular weight is 271 g/mol. The molecule has 72 valence electrons. The number of rotatable bonds is 1. The van der Waals surface area contributed by atoms with Gasteiger partial charge in [-0.1, -0.05) is 39.8 Å². The van der Waals surface area contributed by atoms with Gasteiger partial charge in [-0.15, -0.1) is 0 Å². The summed E-state index contributed by atoms with van der Waals surface area (Å²) in [7, 11) is 0. The van der Waals surface area contributed by atoms with Gasteiger partial charge in [0, 0.05) is 10.2 Å². The number of halogens is 1. The number of benzene rings is 1. The molecule has 0 aromatic heterocycles. The molecule has 1 aliphatic heterocycles. The zero-order valence-electron chi connectivity index (χ0n) is 7.16. The molecule has 0 atom stereocenters. The molecule has 0 spiro atoms. The Balaban J connectivity index is 2.27. The molecule has 2 rings (SSSR count). The maximum atomic E-state index is 10.8. The van der Waals surface area contributed by atoms with Crippen molar-refractivity contribution in [2.24, 2.45) is 5.10 Å². The summed E-state index contributed by atoms with van der Waals surface area (Å²) >= 11 is 4.62. The third-order valence-corrected chi connectivity index (χ3v) is 3.04. The number of nitrogens with zero attached hydrogens (tertiary/aromatic N) is 1. The highest BCUT2D eigenvalue weighted by Gasteiger charge is 2.13. The number of hydrogen-bond donors (Lipinski definition) is 1. The van der Waals surface area contributed by atoms with Crippen LogP contribution >= 0.6 is 27.7 Å². The Kier molecular flexibility index (Phi) is 2.88. The van der Waals surface area contributed by atoms with E-state index in [1.807, 2.05) is 24.3 Å². The van der Waals surface area contributed by atoms with Crippen LogP contribution in [0.3, 0.4) is 0 Å². The van der Waals surface area contributed by atoms with Crippen molar-refractivity contribution in [3.8, 4) is 0 Å². The Morgan fingerprint density at radius 3 is 3.00 bits per heavy atom. The standard InChI is InChI=1S/C9H7BrN2OS/c10-7-3-1-2-6(4-7)8-5-14-9(13)12-11-8/h1-4H,5H2,(H,12,13). The molecule has 3 nitrogen and oxygen atoms in total. The summed E-state index contributed by atoms with van der Waals surface area (Å²) in [4.78, 5) is 10.8. The number of carbonyl (C=O) groups is 1. The van der Waals surface area contributed by atoms with Crippen molar-refractivity contribution in [3.63, 3.8) is 0 Å². The zero-order valence-corrected chi connectivity index (χ0v) is 9.56. The molecule has 1 aromatic carbocycles. The van der Waals surface area contributed by atoms with Gasteiger partial charge < -0.3 is 0 Å². The van der Waals surface area contributed by atoms with Crippen LogP contribution in [0.5, 0.6) is 0 Å². The Hall–Kier alpha value is -0.810. The second-order valence-electron chi connectivity index (χ2n) is 2.76. The molecule has 1 aliphatic rings. The van der Waals surface area contributed by atoms with E-state index in [1.165, 1.54) is 11.8 Å². The number of hydrazone groups is 1. The first-order valence-electron chi connectivity index (χ1n) is 4.01. The first-order valence-corrected chi connectivity index (χ1v) is 5.79. The van der Waals surface area contributed by atoms with Crippen LogP contribution in [-0.4, -0.2) is 16.7 Å². The van der Waals surface area contributed by atoms with Gasteiger partial charge in [-0.2, -0.15) is 5.10 Å². The van der Waals surface area contributed by atoms with Crippen molar-refractivity contribution in [1.82, 2.24) is 5.43 Å². The second kappa shape index (κ2) is 4.14. The van der Waals surface area contributed by atoms with E-state index >= 15 is 0 Å². The van der Waals surface area contributed by atoms with Gasteiger partial charge >= 0.3 is 0 Å². The van der Waals surface area contributed by atoms with Gasteiger partial charge in [0.25, 0.3) is 5.24 Å². The van der Waals surface area contributed by atoms with E-state index in [0.29, 0.717) is 5.75 Å². The Morgan fingerprint density at radius 1 is 1.50 bits per heavy atom. The van der Waals surface area contributed by atoms with Crippen molar-refractivity contribution >= 4 is 38.6 Å². The van der Waals surface area contributed by atoms with Gasteiger partial charge in [0.05, 0.1) is 5.71 Å². The van der Waals surface area contributed by atoms with Gasteiger partial charge in [0.15, 0.2) is 0 Å². The Labute approximate surface area is 94.1 Å². The van der Waals surface area contributed by atoms with E-state index in [1.54, 1.807) is 0 Å². The number of amides is 1. The molecule has 1 aromatic rings. The fourth-order valence-corrected chi connectivity index (χ4v) is 2.14. The van der Waals surface area contributed by atoms with Gasteiger partial charge in [0.1, 0.15) is 0 Å². The molecule has 0 aliphatic carbocycles. The third-order valence-electron chi connectivity index (χ3n) is 1.78. The Bertz CT molecular complexity index is 406. The van der Waals surface area contributed by atoms with Gasteiger partial charge in [0.2, 0.25) is 0 Å². The Morgan fingerprint density at radius 2 is 2.36 bits per heavy atom. The minimum atomic E-state index is -0.0938. The van der Waals surface area contributed by atoms with E-state index in [0.717, 1.165) is 15.7 Å². The van der Waals surface area contributed by atoms with Crippen molar-refractivity contribution in [1.29, 1.82) is 0 Å². The summed E-state index contributed by atoms with van der Waals surface area (Å²) in [5, 5.41) is 3.90. The molecule has 0 radical (unpaired) electrons. The minimum absolute atomic E-state index is 0.0938. The number of thioether (sulfide) groups is 1. The molecule has 5 heteroatoms. The van der Waals surface area contributed by atoms with Gasteiger partial charge in [-0.3, -0.25) is 4.79 Å². The molecular weight excluding hydrogens is 264 g/mol. The highest BCUT2D eigenvalue weighted by molar-refractivity contribution is 9.10. The zero-order chi connectivity index (χ0) is 9.97. The van der Waals surface area contributed by atoms with E-state index in [4.69, 9.17) is 0 Å². The lowest BCUT2D eigenvalue weighted by molar-refractivity contribution is 0.261. The SMILES string of the molecule is O=C1NN=C(c2cccc(Br)c2)CS1. The first-order chi connectivity index (χ1) is 6.75. The normalized spacial score (nSPS) is 16.1. The molecule has 0 saturated carbocycles. The number of nitrogens with one attached hydrogen (secondary N) is 1. The van der Waals surface area contributed by atoms with Crippen molar-refractivity contribution in [2.45, 2.75) is 0 Å². The predicted octanol–water partition coefficient (Wildman–Crippen LogP) is 2.61. The smallest absolute Gasteiger partial charge is 0.260 e. The molecule has 1 heterocycles. The van der Waals surface area contributed by atoms with Crippen LogP contribution in [0.15, 0.2) is 33.8 Å². The fourth-order valence-electron chi connectivity index (χ4n) is 1.13. The molecule has 0 unspecified atom stereocenters. The van der Waals surface area contributed by atoms with E-state index in [2.05, 4.69) is 26.5 Å². The molecule has 1 amide bonds. The van der Waals surface area contributed by atoms with Crippen LogP contribution < -0.4 is 5.43 Å². The van der Waals surface area contributed by atoms with Crippen LogP contribution in [0, 0.1) is 0 Å². The second-order valence-corrected chi connectivity index (χ2v) is 4.62. The van der Waals surface area contributed by atoms with Crippen LogP contribution in [0.1, 0.15) is 5.56 Å². The highest BCUT2D eigenvalue weighted by Crippen LogP contribution is 2.16. The summed E-state index contributed by atoms with van der Waals surface area (Å²) in [5.41, 5.74) is 4.38. The summed E-state index contributed by atoms with van der Waals surface area (Å²) in [6.45, 7) is 0. The van der Waals surface area contributed by atoms with Crippen LogP contribution in [0.25, 0.3) is 0 Å². The lowest BCUT2D eigenvalue weighted by atomic mass is 10.1. The summed E-state index contributed by atoms with van der Waals surface area (Å²) in [6.07, 6.45) is 0. The van der Waals surface area contributed by atoms with Crippen molar-refractivity contribution < 1.29 is 4.79 Å². The lowest BCUT2D eigenvalue weighted by Gasteiger charge is -2.11. The predicted molar refractivity (Wildman–Crippen MR) is 61.7 cm³/mol. The van der Waals surface area contributed by atoms with E-state index in [9.17, 15) is 4.79 Å². The molecular formula is C9H7BrN2OS. The van der Waals surface area contributed by atoms with Crippen LogP contribution in [-0.2, 0) is 0 Å². The van der Waals surface area contributed by atoms with Crippen LogP contribution in [0.2, 0.25) is 0 Å². The fraction of sp³-hybridized carbons (Fsp3) is 0.111. The van der Waals surface area contributed by atoms with Crippen molar-refractivity contribution in [2.75, 3.05) is 5.75 Å². The lowest BCUT2D eigenvalue weighted by Crippen LogP contribution is -2.23. The maximum absolute atomic E-state index is 10.8. The summed E-state index contributed by atoms with van der Waals surface area (Å²) in [6, 6.07) is 7.86. The van der Waals surface area contributed by atoms with E-state index in [-0.39, 0.29) is 5.24 Å². The molecule has 14 heavy (non-hydrogen) atoms. The largest absolute Gasteiger partial charge is 0.299 e. The minimum Gasteiger partial charge on any atom is -0.260 e. The molecule has 0 bridgehead atoms. The van der Waals surface area contributed by atoms with Crippen molar-refractivity contribution in [3.05, 3.63) is 34.3 Å². The molecule has 0 fully saturated rings. The summed E-state index contributed by atoms with van der Waals surface area (Å²) < 4.78 is 1.01. The third kappa shape index (κ3) is 2.16. The number of hydrogen-bond acceptors (Lipinski definition) is 3. The van der Waals surface area contributed by atoms with Crippen LogP contribution in [0.4, 0.5) is 4.79 Å². The highest BCUT2D eigenvalue weighted by atomic mass is 79.9. The van der Waals surface area contributed by atoms with Gasteiger partial charge in [-0.05, 0) is 17.7 Å². The molecule has 0 saturated heterocycles. The first kappa shape index (κ1) is 9.73. The maximum Gasteiger partial charge on any atom is 0.299 e. The summed E-state index contributed by atoms with van der Waals surface area (Å²) in [5.74, 6) is 0.627. The van der Waals surface area contributed by atoms with Gasteiger partial charge in [-0.25, -0.2) is 5.43 Å². The monoisotopic (exact) mass is 270 g/mol. The molecule has 1 N–H and O–H groups in total. The topological polar surface area (TPSA) is 41.5 Å².